The van der Waals surface area contributed by atoms with Crippen molar-refractivity contribution in [1.29, 1.82) is 0 Å². The highest BCUT2D eigenvalue weighted by Crippen LogP contribution is 2.25. The zero-order valence-electron chi connectivity index (χ0n) is 15.5. The molecule has 4 aromatic rings. The van der Waals surface area contributed by atoms with Crippen molar-refractivity contribution in [1.82, 2.24) is 14.8 Å². The summed E-state index contributed by atoms with van der Waals surface area (Å²) < 4.78 is 1.65. The van der Waals surface area contributed by atoms with Gasteiger partial charge in [0.1, 0.15) is 0 Å². The number of nitrogens with zero attached hydrogens (tertiary/aromatic N) is 3. The summed E-state index contributed by atoms with van der Waals surface area (Å²) in [7, 11) is 1.80. The second-order valence-electron chi connectivity index (χ2n) is 6.51. The molecule has 0 aliphatic carbocycles. The normalized spacial score (nSPS) is 10.8. The molecule has 6 nitrogen and oxygen atoms in total. The molecule has 138 valence electrons. The first kappa shape index (κ1) is 17.6. The van der Waals surface area contributed by atoms with Crippen LogP contribution in [0.15, 0.2) is 66.9 Å². The molecule has 4 rings (SSSR count). The number of ketones is 1. The highest BCUT2D eigenvalue weighted by Gasteiger charge is 2.17. The lowest BCUT2D eigenvalue weighted by Gasteiger charge is -2.09. The van der Waals surface area contributed by atoms with Crippen LogP contribution in [0.1, 0.15) is 27.6 Å². The number of aryl methyl sites for hydroxylation is 1. The average molecular weight is 370 g/mol. The summed E-state index contributed by atoms with van der Waals surface area (Å²) in [5.74, 6) is -0.273. The molecule has 2 aromatic heterocycles. The number of pyridine rings is 1. The Kier molecular flexibility index (Phi) is 4.45. The first-order valence-electron chi connectivity index (χ1n) is 8.83. The smallest absolute Gasteiger partial charge is 0.256 e. The summed E-state index contributed by atoms with van der Waals surface area (Å²) in [6.45, 7) is 1.51. The third-order valence-electron chi connectivity index (χ3n) is 4.57. The number of Topliss-reactive ketones (excluding diaryl/α,β-unsaturated/α-hetero) is 1. The molecule has 0 saturated heterocycles. The Morgan fingerprint density at radius 2 is 1.71 bits per heavy atom. The molecule has 0 saturated carbocycles. The van der Waals surface area contributed by atoms with Gasteiger partial charge < -0.3 is 5.32 Å². The van der Waals surface area contributed by atoms with Gasteiger partial charge >= 0.3 is 0 Å². The summed E-state index contributed by atoms with van der Waals surface area (Å²) in [5, 5.41) is 7.82. The minimum atomic E-state index is -0.256. The number of carbonyl (C=O) groups excluding carboxylic acids is 2. The van der Waals surface area contributed by atoms with E-state index < -0.39 is 0 Å². The molecule has 28 heavy (non-hydrogen) atoms. The van der Waals surface area contributed by atoms with E-state index in [-0.39, 0.29) is 11.7 Å². The van der Waals surface area contributed by atoms with Crippen LogP contribution in [0.5, 0.6) is 0 Å². The van der Waals surface area contributed by atoms with Crippen LogP contribution in [0, 0.1) is 0 Å². The van der Waals surface area contributed by atoms with E-state index >= 15 is 0 Å². The number of anilines is 1. The summed E-state index contributed by atoms with van der Waals surface area (Å²) in [4.78, 5) is 29.1. The van der Waals surface area contributed by atoms with Crippen molar-refractivity contribution in [2.75, 3.05) is 5.32 Å². The van der Waals surface area contributed by atoms with Gasteiger partial charge in [-0.1, -0.05) is 30.3 Å². The molecule has 2 aromatic carbocycles. The van der Waals surface area contributed by atoms with Gasteiger partial charge in [0.2, 0.25) is 0 Å². The zero-order valence-corrected chi connectivity index (χ0v) is 15.5. The summed E-state index contributed by atoms with van der Waals surface area (Å²) in [6.07, 6.45) is 1.64. The van der Waals surface area contributed by atoms with Crippen LogP contribution in [0.25, 0.3) is 22.3 Å². The fraction of sp³-hybridized carbons (Fsp3) is 0.0909. The molecule has 0 fully saturated rings. The van der Waals surface area contributed by atoms with E-state index in [1.165, 1.54) is 6.92 Å². The molecule has 0 spiro atoms. The molecule has 6 heteroatoms. The molecule has 0 aliphatic heterocycles. The van der Waals surface area contributed by atoms with Crippen LogP contribution >= 0.6 is 0 Å². The van der Waals surface area contributed by atoms with Crippen molar-refractivity contribution in [3.05, 3.63) is 78.0 Å². The maximum atomic E-state index is 13.0. The number of aromatic nitrogens is 3. The van der Waals surface area contributed by atoms with Crippen molar-refractivity contribution in [3.8, 4) is 11.3 Å². The largest absolute Gasteiger partial charge is 0.322 e. The second-order valence-corrected chi connectivity index (χ2v) is 6.51. The molecule has 1 amide bonds. The molecule has 0 unspecified atom stereocenters. The number of benzene rings is 2. The zero-order chi connectivity index (χ0) is 19.7. The number of nitrogens with one attached hydrogen (secondary N) is 1. The highest BCUT2D eigenvalue weighted by atomic mass is 16.1. The predicted molar refractivity (Wildman–Crippen MR) is 108 cm³/mol. The molecule has 0 atom stereocenters. The number of rotatable bonds is 4. The van der Waals surface area contributed by atoms with E-state index in [9.17, 15) is 9.59 Å². The van der Waals surface area contributed by atoms with Crippen LogP contribution in [0.3, 0.4) is 0 Å². The van der Waals surface area contributed by atoms with Crippen LogP contribution in [0.4, 0.5) is 5.69 Å². The number of carbonyl (C=O) groups is 2. The van der Waals surface area contributed by atoms with E-state index in [2.05, 4.69) is 15.4 Å². The van der Waals surface area contributed by atoms with E-state index in [0.717, 1.165) is 5.56 Å². The SMILES string of the molecule is CC(=O)c1ccc(NC(=O)c2cc(-c3ccccc3)nc3c2cnn3C)cc1. The molecular weight excluding hydrogens is 352 g/mol. The quantitative estimate of drug-likeness (QED) is 0.549. The lowest BCUT2D eigenvalue weighted by Crippen LogP contribution is -2.13. The fourth-order valence-electron chi connectivity index (χ4n) is 3.05. The van der Waals surface area contributed by atoms with Gasteiger partial charge in [0.25, 0.3) is 5.91 Å². The van der Waals surface area contributed by atoms with E-state index in [1.807, 2.05) is 30.3 Å². The van der Waals surface area contributed by atoms with Crippen molar-refractivity contribution in [2.45, 2.75) is 6.92 Å². The third kappa shape index (κ3) is 3.27. The number of fused-ring (bicyclic) bond motifs is 1. The maximum absolute atomic E-state index is 13.0. The number of hydrogen-bond donors (Lipinski definition) is 1. The Morgan fingerprint density at radius 1 is 1.00 bits per heavy atom. The van der Waals surface area contributed by atoms with Crippen molar-refractivity contribution in [3.63, 3.8) is 0 Å². The van der Waals surface area contributed by atoms with Gasteiger partial charge in [-0.2, -0.15) is 5.10 Å². The minimum Gasteiger partial charge on any atom is -0.322 e. The topological polar surface area (TPSA) is 76.9 Å². The van der Waals surface area contributed by atoms with Gasteiger partial charge in [-0.3, -0.25) is 14.3 Å². The Bertz CT molecular complexity index is 1180. The van der Waals surface area contributed by atoms with Gasteiger partial charge in [-0.05, 0) is 37.3 Å². The summed E-state index contributed by atoms with van der Waals surface area (Å²) >= 11 is 0. The van der Waals surface area contributed by atoms with Crippen LogP contribution in [0.2, 0.25) is 0 Å². The maximum Gasteiger partial charge on any atom is 0.256 e. The number of amides is 1. The highest BCUT2D eigenvalue weighted by molar-refractivity contribution is 6.12. The van der Waals surface area contributed by atoms with Crippen LogP contribution < -0.4 is 5.32 Å². The van der Waals surface area contributed by atoms with Crippen LogP contribution in [-0.2, 0) is 7.05 Å². The third-order valence-corrected chi connectivity index (χ3v) is 4.57. The van der Waals surface area contributed by atoms with Gasteiger partial charge in [0, 0.05) is 23.9 Å². The lowest BCUT2D eigenvalue weighted by atomic mass is 10.1. The average Bonchev–Trinajstić information content (AvgIpc) is 3.09. The molecule has 0 bridgehead atoms. The van der Waals surface area contributed by atoms with Crippen LogP contribution in [-0.4, -0.2) is 26.5 Å². The molecule has 0 radical (unpaired) electrons. The van der Waals surface area contributed by atoms with Gasteiger partial charge in [-0.15, -0.1) is 0 Å². The molecular formula is C22H18N4O2. The lowest BCUT2D eigenvalue weighted by molar-refractivity contribution is 0.101. The summed E-state index contributed by atoms with van der Waals surface area (Å²) in [5.41, 5.74) is 3.97. The van der Waals surface area contributed by atoms with Crippen molar-refractivity contribution >= 4 is 28.4 Å². The minimum absolute atomic E-state index is 0.0171. The predicted octanol–water partition coefficient (Wildman–Crippen LogP) is 4.09. The number of hydrogen-bond acceptors (Lipinski definition) is 4. The van der Waals surface area contributed by atoms with E-state index in [0.29, 0.717) is 33.5 Å². The van der Waals surface area contributed by atoms with Gasteiger partial charge in [-0.25, -0.2) is 4.98 Å². The Balaban J connectivity index is 1.74. The van der Waals surface area contributed by atoms with Gasteiger partial charge in [0.05, 0.1) is 22.8 Å². The Hall–Kier alpha value is -3.80. The van der Waals surface area contributed by atoms with Crippen molar-refractivity contribution in [2.24, 2.45) is 7.05 Å². The molecule has 1 N–H and O–H groups in total. The fourth-order valence-corrected chi connectivity index (χ4v) is 3.05. The van der Waals surface area contributed by atoms with Crippen molar-refractivity contribution < 1.29 is 9.59 Å². The standard InChI is InChI=1S/C22H18N4O2/c1-14(27)15-8-10-17(11-9-15)24-22(28)18-12-20(16-6-4-3-5-7-16)25-21-19(18)13-23-26(21)2/h3-13H,1-2H3,(H,24,28). The van der Waals surface area contributed by atoms with E-state index in [4.69, 9.17) is 0 Å². The molecule has 2 heterocycles. The molecule has 0 aliphatic rings. The Morgan fingerprint density at radius 3 is 2.39 bits per heavy atom. The van der Waals surface area contributed by atoms with Gasteiger partial charge in [0.15, 0.2) is 11.4 Å². The second kappa shape index (κ2) is 7.08. The summed E-state index contributed by atoms with van der Waals surface area (Å²) in [6, 6.07) is 18.3. The first-order valence-corrected chi connectivity index (χ1v) is 8.83. The monoisotopic (exact) mass is 370 g/mol. The van der Waals surface area contributed by atoms with E-state index in [1.54, 1.807) is 48.3 Å². The first-order chi connectivity index (χ1) is 13.5. The Labute approximate surface area is 161 Å².